The van der Waals surface area contributed by atoms with Gasteiger partial charge in [0, 0.05) is 18.7 Å². The highest BCUT2D eigenvalue weighted by atomic mass is 35.5. The molecule has 0 aliphatic carbocycles. The van der Waals surface area contributed by atoms with Crippen LogP contribution in [0.2, 0.25) is 5.02 Å². The van der Waals surface area contributed by atoms with Crippen LogP contribution in [0.15, 0.2) is 12.1 Å². The molecular weight excluding hydrogens is 221 g/mol. The molecule has 1 unspecified atom stereocenters. The zero-order valence-electron chi connectivity index (χ0n) is 7.96. The number of halogens is 2. The van der Waals surface area contributed by atoms with Crippen LogP contribution in [-0.2, 0) is 4.74 Å². The standard InChI is InChI=1S/C10H11ClFNO2/c11-6-1-2-7(12)10(14)9(6)8-5-13-3-4-15-8/h1-2,8,13-14H,3-5H2. The van der Waals surface area contributed by atoms with Crippen LogP contribution in [0.1, 0.15) is 11.7 Å². The first-order chi connectivity index (χ1) is 7.20. The molecule has 0 amide bonds. The lowest BCUT2D eigenvalue weighted by atomic mass is 10.1. The van der Waals surface area contributed by atoms with Crippen molar-refractivity contribution in [2.45, 2.75) is 6.10 Å². The fraction of sp³-hybridized carbons (Fsp3) is 0.400. The Hall–Kier alpha value is -0.840. The van der Waals surface area contributed by atoms with Gasteiger partial charge in [-0.25, -0.2) is 4.39 Å². The van der Waals surface area contributed by atoms with Crippen LogP contribution in [0.4, 0.5) is 4.39 Å². The van der Waals surface area contributed by atoms with Crippen molar-refractivity contribution in [3.8, 4) is 5.75 Å². The normalized spacial score (nSPS) is 21.6. The van der Waals surface area contributed by atoms with E-state index in [0.29, 0.717) is 23.7 Å². The zero-order valence-corrected chi connectivity index (χ0v) is 8.72. The van der Waals surface area contributed by atoms with Crippen molar-refractivity contribution in [1.29, 1.82) is 0 Å². The Kier molecular flexibility index (Phi) is 3.09. The molecule has 1 aromatic carbocycles. The summed E-state index contributed by atoms with van der Waals surface area (Å²) in [5, 5.41) is 13.0. The quantitative estimate of drug-likeness (QED) is 0.775. The number of phenolic OH excluding ortho intramolecular Hbond substituents is 1. The first-order valence-corrected chi connectivity index (χ1v) is 5.07. The smallest absolute Gasteiger partial charge is 0.165 e. The molecule has 2 rings (SSSR count). The largest absolute Gasteiger partial charge is 0.505 e. The predicted molar refractivity (Wildman–Crippen MR) is 54.6 cm³/mol. The minimum Gasteiger partial charge on any atom is -0.505 e. The number of aromatic hydroxyl groups is 1. The molecular formula is C10H11ClFNO2. The van der Waals surface area contributed by atoms with Crippen molar-refractivity contribution < 1.29 is 14.2 Å². The summed E-state index contributed by atoms with van der Waals surface area (Å²) in [6, 6.07) is 2.56. The van der Waals surface area contributed by atoms with Gasteiger partial charge in [0.25, 0.3) is 0 Å². The lowest BCUT2D eigenvalue weighted by Crippen LogP contribution is -2.33. The van der Waals surface area contributed by atoms with Crippen molar-refractivity contribution in [3.05, 3.63) is 28.5 Å². The van der Waals surface area contributed by atoms with E-state index in [1.165, 1.54) is 6.07 Å². The van der Waals surface area contributed by atoms with Gasteiger partial charge in [-0.1, -0.05) is 11.6 Å². The summed E-state index contributed by atoms with van der Waals surface area (Å²) in [6.07, 6.45) is -0.387. The van der Waals surface area contributed by atoms with Crippen molar-refractivity contribution in [2.24, 2.45) is 0 Å². The Balaban J connectivity index is 2.36. The summed E-state index contributed by atoms with van der Waals surface area (Å²) in [4.78, 5) is 0. The minimum atomic E-state index is -0.677. The van der Waals surface area contributed by atoms with Gasteiger partial charge in [0.15, 0.2) is 11.6 Å². The second-order valence-electron chi connectivity index (χ2n) is 3.36. The summed E-state index contributed by atoms with van der Waals surface area (Å²) in [5.41, 5.74) is 0.323. The predicted octanol–water partition coefficient (Wildman–Crippen LogP) is 1.85. The van der Waals surface area contributed by atoms with Crippen molar-refractivity contribution in [2.75, 3.05) is 19.7 Å². The summed E-state index contributed by atoms with van der Waals surface area (Å²) in [7, 11) is 0. The third-order valence-electron chi connectivity index (χ3n) is 2.36. The highest BCUT2D eigenvalue weighted by Crippen LogP contribution is 2.35. The Bertz CT molecular complexity index is 367. The second-order valence-corrected chi connectivity index (χ2v) is 3.76. The average molecular weight is 232 g/mol. The van der Waals surface area contributed by atoms with Gasteiger partial charge in [-0.2, -0.15) is 0 Å². The van der Waals surface area contributed by atoms with Gasteiger partial charge in [0.2, 0.25) is 0 Å². The number of hydrogen-bond acceptors (Lipinski definition) is 3. The van der Waals surface area contributed by atoms with E-state index in [1.807, 2.05) is 0 Å². The minimum absolute atomic E-state index is 0.322. The molecule has 0 bridgehead atoms. The molecule has 0 aromatic heterocycles. The molecule has 0 spiro atoms. The zero-order chi connectivity index (χ0) is 10.8. The maximum Gasteiger partial charge on any atom is 0.165 e. The monoisotopic (exact) mass is 231 g/mol. The first kappa shape index (κ1) is 10.7. The Morgan fingerprint density at radius 2 is 2.33 bits per heavy atom. The molecule has 1 aliphatic rings. The average Bonchev–Trinajstić information content (AvgIpc) is 2.26. The molecule has 5 heteroatoms. The van der Waals surface area contributed by atoms with E-state index in [0.717, 1.165) is 12.6 Å². The summed E-state index contributed by atoms with van der Waals surface area (Å²) >= 11 is 5.90. The maximum absolute atomic E-state index is 13.1. The number of morpholine rings is 1. The van der Waals surface area contributed by atoms with Gasteiger partial charge >= 0.3 is 0 Å². The van der Waals surface area contributed by atoms with Gasteiger partial charge in [-0.15, -0.1) is 0 Å². The molecule has 1 aromatic rings. The highest BCUT2D eigenvalue weighted by molar-refractivity contribution is 6.31. The van der Waals surface area contributed by atoms with Gasteiger partial charge < -0.3 is 15.2 Å². The molecule has 82 valence electrons. The van der Waals surface area contributed by atoms with Gasteiger partial charge in [0.05, 0.1) is 11.6 Å². The van der Waals surface area contributed by atoms with E-state index in [-0.39, 0.29) is 6.10 Å². The number of nitrogens with one attached hydrogen (secondary N) is 1. The van der Waals surface area contributed by atoms with Crippen LogP contribution in [-0.4, -0.2) is 24.8 Å². The lowest BCUT2D eigenvalue weighted by molar-refractivity contribution is 0.0261. The highest BCUT2D eigenvalue weighted by Gasteiger charge is 2.23. The molecule has 3 nitrogen and oxygen atoms in total. The molecule has 2 N–H and O–H groups in total. The van der Waals surface area contributed by atoms with E-state index >= 15 is 0 Å². The lowest BCUT2D eigenvalue weighted by Gasteiger charge is -2.25. The van der Waals surface area contributed by atoms with Crippen LogP contribution in [0.5, 0.6) is 5.75 Å². The van der Waals surface area contributed by atoms with E-state index in [2.05, 4.69) is 5.32 Å². The third kappa shape index (κ3) is 2.07. The van der Waals surface area contributed by atoms with Crippen LogP contribution >= 0.6 is 11.6 Å². The molecule has 0 radical (unpaired) electrons. The van der Waals surface area contributed by atoms with E-state index in [1.54, 1.807) is 0 Å². The second kappa shape index (κ2) is 4.35. The molecule has 1 atom stereocenters. The van der Waals surface area contributed by atoms with Gasteiger partial charge in [-0.3, -0.25) is 0 Å². The van der Waals surface area contributed by atoms with E-state index in [4.69, 9.17) is 16.3 Å². The van der Waals surface area contributed by atoms with Crippen LogP contribution < -0.4 is 5.32 Å². The summed E-state index contributed by atoms with van der Waals surface area (Å²) in [5.74, 6) is -1.10. The fourth-order valence-electron chi connectivity index (χ4n) is 1.61. The molecule has 1 heterocycles. The van der Waals surface area contributed by atoms with E-state index < -0.39 is 11.6 Å². The van der Waals surface area contributed by atoms with Crippen molar-refractivity contribution >= 4 is 11.6 Å². The number of rotatable bonds is 1. The Labute approximate surface area is 91.8 Å². The van der Waals surface area contributed by atoms with Crippen molar-refractivity contribution in [1.82, 2.24) is 5.32 Å². The Morgan fingerprint density at radius 3 is 3.00 bits per heavy atom. The number of ether oxygens (including phenoxy) is 1. The molecule has 1 fully saturated rings. The number of phenols is 1. The molecule has 15 heavy (non-hydrogen) atoms. The molecule has 1 saturated heterocycles. The summed E-state index contributed by atoms with van der Waals surface area (Å²) in [6.45, 7) is 1.80. The maximum atomic E-state index is 13.1. The third-order valence-corrected chi connectivity index (χ3v) is 2.69. The van der Waals surface area contributed by atoms with Gasteiger partial charge in [-0.05, 0) is 12.1 Å². The number of benzene rings is 1. The molecule has 1 aliphatic heterocycles. The van der Waals surface area contributed by atoms with Gasteiger partial charge in [0.1, 0.15) is 6.10 Å². The van der Waals surface area contributed by atoms with Crippen LogP contribution in [0.25, 0.3) is 0 Å². The molecule has 0 saturated carbocycles. The Morgan fingerprint density at radius 1 is 1.53 bits per heavy atom. The first-order valence-electron chi connectivity index (χ1n) is 4.69. The van der Waals surface area contributed by atoms with Crippen LogP contribution in [0, 0.1) is 5.82 Å². The van der Waals surface area contributed by atoms with Crippen LogP contribution in [0.3, 0.4) is 0 Å². The summed E-state index contributed by atoms with van der Waals surface area (Å²) < 4.78 is 18.5. The topological polar surface area (TPSA) is 41.5 Å². The van der Waals surface area contributed by atoms with E-state index in [9.17, 15) is 9.50 Å². The fourth-order valence-corrected chi connectivity index (χ4v) is 1.89. The SMILES string of the molecule is Oc1c(F)ccc(Cl)c1C1CNCCO1. The van der Waals surface area contributed by atoms with Crippen molar-refractivity contribution in [3.63, 3.8) is 0 Å². The number of hydrogen-bond donors (Lipinski definition) is 2.